The molecule has 7 nitrogen and oxygen atoms in total. The Balaban J connectivity index is 2.39. The van der Waals surface area contributed by atoms with Crippen LogP contribution in [-0.4, -0.2) is 33.8 Å². The van der Waals surface area contributed by atoms with Crippen molar-refractivity contribution in [1.82, 2.24) is 14.8 Å². The van der Waals surface area contributed by atoms with E-state index in [4.69, 9.17) is 5.73 Å². The SMILES string of the molecule is COC(=O)c1nc(N)n(C(=O)c2cccc(Br)c2)n1. The third-order valence-corrected chi connectivity index (χ3v) is 2.76. The minimum absolute atomic E-state index is 0.176. The predicted molar refractivity (Wildman–Crippen MR) is 69.6 cm³/mol. The first-order valence-electron chi connectivity index (χ1n) is 5.14. The van der Waals surface area contributed by atoms with Gasteiger partial charge < -0.3 is 10.5 Å². The van der Waals surface area contributed by atoms with Crippen LogP contribution in [0.1, 0.15) is 21.0 Å². The fraction of sp³-hybridized carbons (Fsp3) is 0.0909. The van der Waals surface area contributed by atoms with Gasteiger partial charge in [0.15, 0.2) is 0 Å². The number of benzene rings is 1. The number of hydrogen-bond acceptors (Lipinski definition) is 6. The number of nitrogens with zero attached hydrogens (tertiary/aromatic N) is 3. The number of esters is 1. The van der Waals surface area contributed by atoms with Crippen molar-refractivity contribution in [2.24, 2.45) is 0 Å². The summed E-state index contributed by atoms with van der Waals surface area (Å²) in [4.78, 5) is 27.1. The number of ether oxygens (including phenoxy) is 1. The Labute approximate surface area is 116 Å². The summed E-state index contributed by atoms with van der Waals surface area (Å²) in [7, 11) is 1.19. The molecular formula is C11H9BrN4O3. The Bertz CT molecular complexity index is 653. The lowest BCUT2D eigenvalue weighted by molar-refractivity contribution is 0.0587. The Morgan fingerprint density at radius 1 is 1.42 bits per heavy atom. The maximum Gasteiger partial charge on any atom is 0.378 e. The molecule has 0 aliphatic heterocycles. The van der Waals surface area contributed by atoms with Crippen LogP contribution in [0.4, 0.5) is 5.95 Å². The van der Waals surface area contributed by atoms with E-state index in [0.717, 1.165) is 9.15 Å². The zero-order chi connectivity index (χ0) is 14.0. The van der Waals surface area contributed by atoms with Crippen molar-refractivity contribution < 1.29 is 14.3 Å². The summed E-state index contributed by atoms with van der Waals surface area (Å²) < 4.78 is 6.05. The van der Waals surface area contributed by atoms with Crippen molar-refractivity contribution in [1.29, 1.82) is 0 Å². The van der Waals surface area contributed by atoms with Gasteiger partial charge in [-0.05, 0) is 18.2 Å². The highest BCUT2D eigenvalue weighted by Gasteiger charge is 2.20. The smallest absolute Gasteiger partial charge is 0.378 e. The van der Waals surface area contributed by atoms with E-state index < -0.39 is 11.9 Å². The normalized spacial score (nSPS) is 10.2. The van der Waals surface area contributed by atoms with Gasteiger partial charge >= 0.3 is 5.97 Å². The number of carbonyl (C=O) groups is 2. The van der Waals surface area contributed by atoms with Gasteiger partial charge in [0, 0.05) is 10.0 Å². The quantitative estimate of drug-likeness (QED) is 0.830. The van der Waals surface area contributed by atoms with Crippen LogP contribution >= 0.6 is 15.9 Å². The maximum absolute atomic E-state index is 12.2. The number of methoxy groups -OCH3 is 1. The molecule has 0 aliphatic rings. The molecule has 98 valence electrons. The lowest BCUT2D eigenvalue weighted by atomic mass is 10.2. The number of rotatable bonds is 2. The van der Waals surface area contributed by atoms with Gasteiger partial charge in [-0.15, -0.1) is 5.10 Å². The summed E-state index contributed by atoms with van der Waals surface area (Å²) >= 11 is 3.26. The predicted octanol–water partition coefficient (Wildman–Crippen LogP) is 1.10. The average molecular weight is 325 g/mol. The van der Waals surface area contributed by atoms with Crippen LogP contribution in [0.3, 0.4) is 0 Å². The molecule has 1 aromatic carbocycles. The molecule has 0 bridgehead atoms. The zero-order valence-corrected chi connectivity index (χ0v) is 11.4. The number of nitrogens with two attached hydrogens (primary N) is 1. The van der Waals surface area contributed by atoms with Crippen molar-refractivity contribution in [3.8, 4) is 0 Å². The molecule has 0 saturated heterocycles. The second kappa shape index (κ2) is 5.19. The molecule has 1 heterocycles. The van der Waals surface area contributed by atoms with Crippen molar-refractivity contribution in [3.63, 3.8) is 0 Å². The van der Waals surface area contributed by atoms with Crippen LogP contribution in [-0.2, 0) is 4.74 Å². The minimum atomic E-state index is -0.757. The first kappa shape index (κ1) is 13.2. The Morgan fingerprint density at radius 3 is 2.79 bits per heavy atom. The van der Waals surface area contributed by atoms with Crippen LogP contribution in [0.25, 0.3) is 0 Å². The van der Waals surface area contributed by atoms with E-state index in [-0.39, 0.29) is 11.8 Å². The summed E-state index contributed by atoms with van der Waals surface area (Å²) in [6.45, 7) is 0. The highest BCUT2D eigenvalue weighted by molar-refractivity contribution is 9.10. The molecule has 1 aromatic heterocycles. The lowest BCUT2D eigenvalue weighted by Crippen LogP contribution is -2.16. The van der Waals surface area contributed by atoms with Gasteiger partial charge in [-0.25, -0.2) is 4.79 Å². The molecule has 0 radical (unpaired) electrons. The maximum atomic E-state index is 12.2. The highest BCUT2D eigenvalue weighted by Crippen LogP contribution is 2.14. The Kier molecular flexibility index (Phi) is 3.61. The molecule has 0 atom stereocenters. The molecule has 2 N–H and O–H groups in total. The fourth-order valence-electron chi connectivity index (χ4n) is 1.40. The van der Waals surface area contributed by atoms with E-state index in [1.165, 1.54) is 7.11 Å². The van der Waals surface area contributed by atoms with E-state index in [1.807, 2.05) is 0 Å². The van der Waals surface area contributed by atoms with Gasteiger partial charge in [-0.3, -0.25) is 4.79 Å². The topological polar surface area (TPSA) is 100 Å². The monoisotopic (exact) mass is 324 g/mol. The van der Waals surface area contributed by atoms with Gasteiger partial charge in [-0.2, -0.15) is 9.67 Å². The molecule has 8 heteroatoms. The van der Waals surface area contributed by atoms with E-state index >= 15 is 0 Å². The average Bonchev–Trinajstić information content (AvgIpc) is 2.79. The van der Waals surface area contributed by atoms with Gasteiger partial charge in [0.05, 0.1) is 7.11 Å². The molecule has 0 saturated carbocycles. The number of carbonyl (C=O) groups excluding carboxylic acids is 2. The molecule has 0 aliphatic carbocycles. The molecule has 0 amide bonds. The molecule has 0 unspecified atom stereocenters. The standard InChI is InChI=1S/C11H9BrN4O3/c1-19-10(18)8-14-11(13)16(15-8)9(17)6-3-2-4-7(12)5-6/h2-5H,1H3,(H2,13,14,15). The first-order chi connectivity index (χ1) is 9.02. The molecule has 2 aromatic rings. The van der Waals surface area contributed by atoms with Crippen LogP contribution in [0, 0.1) is 0 Å². The second-order valence-corrected chi connectivity index (χ2v) is 4.43. The fourth-order valence-corrected chi connectivity index (χ4v) is 1.79. The van der Waals surface area contributed by atoms with Crippen molar-refractivity contribution in [2.45, 2.75) is 0 Å². The summed E-state index contributed by atoms with van der Waals surface area (Å²) in [5.41, 5.74) is 5.92. The molecule has 0 fully saturated rings. The van der Waals surface area contributed by atoms with Gasteiger partial charge in [0.25, 0.3) is 11.7 Å². The van der Waals surface area contributed by atoms with E-state index in [0.29, 0.717) is 5.56 Å². The Morgan fingerprint density at radius 2 is 2.16 bits per heavy atom. The number of halogens is 1. The Hall–Kier alpha value is -2.22. The first-order valence-corrected chi connectivity index (χ1v) is 5.93. The minimum Gasteiger partial charge on any atom is -0.463 e. The summed E-state index contributed by atoms with van der Waals surface area (Å²) in [5.74, 6) is -1.68. The largest absolute Gasteiger partial charge is 0.463 e. The third kappa shape index (κ3) is 2.63. The van der Waals surface area contributed by atoms with Crippen molar-refractivity contribution in [2.75, 3.05) is 12.8 Å². The van der Waals surface area contributed by atoms with Crippen molar-refractivity contribution in [3.05, 3.63) is 40.1 Å². The zero-order valence-electron chi connectivity index (χ0n) is 9.83. The van der Waals surface area contributed by atoms with Crippen LogP contribution in [0.5, 0.6) is 0 Å². The van der Waals surface area contributed by atoms with E-state index in [2.05, 4.69) is 30.7 Å². The van der Waals surface area contributed by atoms with Gasteiger partial charge in [0.2, 0.25) is 5.95 Å². The number of nitrogen functional groups attached to an aromatic ring is 1. The number of aromatic nitrogens is 3. The lowest BCUT2D eigenvalue weighted by Gasteiger charge is -2.01. The summed E-state index contributed by atoms with van der Waals surface area (Å²) in [6, 6.07) is 6.69. The van der Waals surface area contributed by atoms with Crippen LogP contribution in [0.2, 0.25) is 0 Å². The van der Waals surface area contributed by atoms with Gasteiger partial charge in [-0.1, -0.05) is 22.0 Å². The van der Waals surface area contributed by atoms with Gasteiger partial charge in [0.1, 0.15) is 0 Å². The third-order valence-electron chi connectivity index (χ3n) is 2.26. The highest BCUT2D eigenvalue weighted by atomic mass is 79.9. The molecule has 0 spiro atoms. The molecule has 19 heavy (non-hydrogen) atoms. The number of anilines is 1. The summed E-state index contributed by atoms with van der Waals surface area (Å²) in [5, 5.41) is 3.73. The second-order valence-electron chi connectivity index (χ2n) is 3.51. The van der Waals surface area contributed by atoms with E-state index in [9.17, 15) is 9.59 Å². The molecule has 2 rings (SSSR count). The number of hydrogen-bond donors (Lipinski definition) is 1. The van der Waals surface area contributed by atoms with Crippen LogP contribution < -0.4 is 5.73 Å². The summed E-state index contributed by atoms with van der Waals surface area (Å²) in [6.07, 6.45) is 0. The van der Waals surface area contributed by atoms with E-state index in [1.54, 1.807) is 24.3 Å². The van der Waals surface area contributed by atoms with Crippen LogP contribution in [0.15, 0.2) is 28.7 Å². The van der Waals surface area contributed by atoms with Crippen molar-refractivity contribution >= 4 is 33.8 Å². The molecular weight excluding hydrogens is 316 g/mol.